The summed E-state index contributed by atoms with van der Waals surface area (Å²) in [7, 11) is 0. The van der Waals surface area contributed by atoms with Crippen LogP contribution < -0.4 is 4.90 Å². The summed E-state index contributed by atoms with van der Waals surface area (Å²) in [5.41, 5.74) is 16.8. The monoisotopic (exact) mass is 799 g/mol. The van der Waals surface area contributed by atoms with Crippen molar-refractivity contribution in [1.82, 2.24) is 0 Å². The highest BCUT2D eigenvalue weighted by Crippen LogP contribution is 2.60. The van der Waals surface area contributed by atoms with Crippen LogP contribution in [0.5, 0.6) is 0 Å². The number of benzene rings is 9. The Bertz CT molecular complexity index is 3280. The summed E-state index contributed by atoms with van der Waals surface area (Å²) < 4.78 is 6.79. The van der Waals surface area contributed by atoms with E-state index in [1.807, 2.05) is 11.8 Å². The second-order valence-electron chi connectivity index (χ2n) is 16.8. The van der Waals surface area contributed by atoms with Crippen LogP contribution in [0.2, 0.25) is 0 Å². The maximum absolute atomic E-state index is 6.79. The average Bonchev–Trinajstić information content (AvgIpc) is 3.83. The number of nitrogens with zero attached hydrogens (tertiary/aromatic N) is 1. The Kier molecular flexibility index (Phi) is 8.07. The first kappa shape index (κ1) is 35.8. The van der Waals surface area contributed by atoms with Crippen molar-refractivity contribution in [2.45, 2.75) is 34.5 Å². The number of hydrogen-bond donors (Lipinski definition) is 0. The smallest absolute Gasteiger partial charge is 0.137 e. The van der Waals surface area contributed by atoms with E-state index in [0.717, 1.165) is 39.0 Å². The minimum Gasteiger partial charge on any atom is -0.456 e. The number of para-hydroxylation sites is 1. The van der Waals surface area contributed by atoms with E-state index in [9.17, 15) is 0 Å². The van der Waals surface area contributed by atoms with Crippen molar-refractivity contribution < 1.29 is 4.42 Å². The van der Waals surface area contributed by atoms with Crippen molar-refractivity contribution in [3.8, 4) is 22.3 Å². The summed E-state index contributed by atoms with van der Waals surface area (Å²) in [6.45, 7) is 4.78. The van der Waals surface area contributed by atoms with E-state index in [2.05, 4.69) is 231 Å². The third-order valence-electron chi connectivity index (χ3n) is 13.2. The van der Waals surface area contributed by atoms with Crippen LogP contribution in [0.25, 0.3) is 44.2 Å². The van der Waals surface area contributed by atoms with Crippen LogP contribution >= 0.6 is 11.8 Å². The molecule has 1 aromatic heterocycles. The molecule has 0 bridgehead atoms. The van der Waals surface area contributed by atoms with Crippen LogP contribution in [0.4, 0.5) is 17.1 Å². The first-order valence-electron chi connectivity index (χ1n) is 21.1. The summed E-state index contributed by atoms with van der Waals surface area (Å²) >= 11 is 1.87. The lowest BCUT2D eigenvalue weighted by molar-refractivity contribution is 0.608. The lowest BCUT2D eigenvalue weighted by atomic mass is 9.67. The van der Waals surface area contributed by atoms with Gasteiger partial charge in [-0.1, -0.05) is 183 Å². The third kappa shape index (κ3) is 5.30. The molecule has 10 aromatic rings. The van der Waals surface area contributed by atoms with E-state index in [0.29, 0.717) is 0 Å². The van der Waals surface area contributed by atoms with E-state index in [1.54, 1.807) is 0 Å². The summed E-state index contributed by atoms with van der Waals surface area (Å²) in [5.74, 6) is 0. The molecule has 0 atom stereocenters. The molecule has 0 N–H and O–H groups in total. The van der Waals surface area contributed by atoms with E-state index in [4.69, 9.17) is 4.42 Å². The molecule has 0 amide bonds. The lowest BCUT2D eigenvalue weighted by Crippen LogP contribution is -2.32. The normalized spacial score (nSPS) is 14.3. The van der Waals surface area contributed by atoms with Gasteiger partial charge in [0.05, 0.1) is 16.8 Å². The van der Waals surface area contributed by atoms with E-state index >= 15 is 0 Å². The van der Waals surface area contributed by atoms with Crippen molar-refractivity contribution in [3.05, 3.63) is 246 Å². The van der Waals surface area contributed by atoms with Gasteiger partial charge < -0.3 is 9.32 Å². The average molecular weight is 800 g/mol. The molecule has 0 saturated heterocycles. The number of hydrogen-bond acceptors (Lipinski definition) is 3. The summed E-state index contributed by atoms with van der Waals surface area (Å²) in [6, 6.07) is 78.0. The minimum atomic E-state index is -0.605. The van der Waals surface area contributed by atoms with Crippen LogP contribution in [-0.4, -0.2) is 0 Å². The second kappa shape index (κ2) is 13.7. The van der Waals surface area contributed by atoms with Gasteiger partial charge in [0.2, 0.25) is 0 Å². The molecular weight excluding hydrogens is 759 g/mol. The zero-order valence-electron chi connectivity index (χ0n) is 34.0. The van der Waals surface area contributed by atoms with Crippen molar-refractivity contribution in [2.24, 2.45) is 0 Å². The Hall–Kier alpha value is -7.07. The number of furan rings is 1. The molecule has 0 unspecified atom stereocenters. The molecule has 2 aliphatic rings. The summed E-state index contributed by atoms with van der Waals surface area (Å²) in [5, 5.41) is 2.22. The fourth-order valence-electron chi connectivity index (χ4n) is 10.5. The summed E-state index contributed by atoms with van der Waals surface area (Å²) in [6.07, 6.45) is 0. The molecule has 0 saturated carbocycles. The molecule has 9 aromatic carbocycles. The second-order valence-corrected chi connectivity index (χ2v) is 17.9. The zero-order valence-corrected chi connectivity index (χ0v) is 34.8. The van der Waals surface area contributed by atoms with Gasteiger partial charge in [0, 0.05) is 43.3 Å². The first-order valence-corrected chi connectivity index (χ1v) is 21.9. The Morgan fingerprint density at radius 1 is 0.426 bits per heavy atom. The highest BCUT2D eigenvalue weighted by molar-refractivity contribution is 7.99. The molecular formula is C58H41NOS. The van der Waals surface area contributed by atoms with Gasteiger partial charge in [-0.15, -0.1) is 0 Å². The van der Waals surface area contributed by atoms with Gasteiger partial charge in [-0.2, -0.15) is 0 Å². The molecule has 0 radical (unpaired) electrons. The topological polar surface area (TPSA) is 16.4 Å². The highest BCUT2D eigenvalue weighted by atomic mass is 32.2. The standard InChI is InChI=1S/C58H41NOS/c1-57(2)49-27-14-16-30-54(49)61-55-31-17-29-51(56(55)57)59(41-33-34-44-45-36-39(38-18-5-3-6-19-38)32-35-52(45)60-53(44)37-41)50-28-15-13-26-48(50)58(40-20-7-4-8-21-40)46-24-11-9-22-42(46)43-23-10-12-25-47(43)58/h3-37H,1-2H3. The van der Waals surface area contributed by atoms with Crippen LogP contribution in [-0.2, 0) is 10.8 Å². The quantitative estimate of drug-likeness (QED) is 0.167. The molecule has 3 heteroatoms. The molecule has 0 spiro atoms. The lowest BCUT2D eigenvalue weighted by Gasteiger charge is -2.41. The van der Waals surface area contributed by atoms with Gasteiger partial charge in [0.25, 0.3) is 0 Å². The first-order chi connectivity index (χ1) is 30.0. The molecule has 0 fully saturated rings. The molecule has 2 nitrogen and oxygen atoms in total. The van der Waals surface area contributed by atoms with Crippen molar-refractivity contribution in [1.29, 1.82) is 0 Å². The molecule has 290 valence electrons. The predicted molar refractivity (Wildman–Crippen MR) is 254 cm³/mol. The van der Waals surface area contributed by atoms with Gasteiger partial charge in [-0.25, -0.2) is 0 Å². The fourth-order valence-corrected chi connectivity index (χ4v) is 12.0. The van der Waals surface area contributed by atoms with Crippen molar-refractivity contribution in [2.75, 3.05) is 4.90 Å². The SMILES string of the molecule is CC1(C)c2ccccc2Sc2cccc(N(c3ccc4c(c3)oc3ccc(-c5ccccc5)cc34)c3ccccc3C3(c4ccccc4)c4ccccc4-c4ccccc43)c21. The van der Waals surface area contributed by atoms with Gasteiger partial charge in [-0.05, 0) is 98.6 Å². The summed E-state index contributed by atoms with van der Waals surface area (Å²) in [4.78, 5) is 5.11. The van der Waals surface area contributed by atoms with Crippen LogP contribution in [0.3, 0.4) is 0 Å². The number of rotatable bonds is 6. The fraction of sp³-hybridized carbons (Fsp3) is 0.0690. The zero-order chi connectivity index (χ0) is 40.7. The molecule has 61 heavy (non-hydrogen) atoms. The van der Waals surface area contributed by atoms with Crippen LogP contribution in [0, 0.1) is 0 Å². The van der Waals surface area contributed by atoms with Crippen molar-refractivity contribution in [3.63, 3.8) is 0 Å². The van der Waals surface area contributed by atoms with Crippen molar-refractivity contribution >= 4 is 50.8 Å². The highest BCUT2D eigenvalue weighted by Gasteiger charge is 2.48. The molecule has 2 heterocycles. The van der Waals surface area contributed by atoms with Crippen LogP contribution in [0.15, 0.2) is 227 Å². The van der Waals surface area contributed by atoms with Crippen LogP contribution in [0.1, 0.15) is 47.2 Å². The van der Waals surface area contributed by atoms with Gasteiger partial charge in [0.1, 0.15) is 11.2 Å². The van der Waals surface area contributed by atoms with E-state index < -0.39 is 5.41 Å². The van der Waals surface area contributed by atoms with Gasteiger partial charge in [-0.3, -0.25) is 0 Å². The Balaban J connectivity index is 1.16. The largest absolute Gasteiger partial charge is 0.456 e. The maximum Gasteiger partial charge on any atom is 0.137 e. The Morgan fingerprint density at radius 2 is 1.03 bits per heavy atom. The van der Waals surface area contributed by atoms with E-state index in [-0.39, 0.29) is 5.41 Å². The molecule has 1 aliphatic carbocycles. The number of fused-ring (bicyclic) bond motifs is 8. The molecule has 12 rings (SSSR count). The minimum absolute atomic E-state index is 0.290. The van der Waals surface area contributed by atoms with E-state index in [1.165, 1.54) is 65.4 Å². The Labute approximate surface area is 360 Å². The van der Waals surface area contributed by atoms with Gasteiger partial charge >= 0.3 is 0 Å². The maximum atomic E-state index is 6.79. The Morgan fingerprint density at radius 3 is 1.79 bits per heavy atom. The third-order valence-corrected chi connectivity index (χ3v) is 14.3. The number of anilines is 3. The van der Waals surface area contributed by atoms with Gasteiger partial charge in [0.15, 0.2) is 0 Å². The predicted octanol–water partition coefficient (Wildman–Crippen LogP) is 15.9. The molecule has 1 aliphatic heterocycles.